The van der Waals surface area contributed by atoms with E-state index < -0.39 is 23.5 Å². The van der Waals surface area contributed by atoms with E-state index in [1.165, 1.54) is 13.0 Å². The maximum Gasteiger partial charge on any atom is 0.233 e. The summed E-state index contributed by atoms with van der Waals surface area (Å²) in [4.78, 5) is 12.3. The Hall–Kier alpha value is -2.43. The van der Waals surface area contributed by atoms with Crippen LogP contribution in [0, 0.1) is 18.6 Å². The summed E-state index contributed by atoms with van der Waals surface area (Å²) in [6.45, 7) is 1.94. The van der Waals surface area contributed by atoms with Gasteiger partial charge in [-0.1, -0.05) is 24.3 Å². The van der Waals surface area contributed by atoms with Crippen LogP contribution in [0.3, 0.4) is 0 Å². The monoisotopic (exact) mass is 288 g/mol. The molecule has 5 heteroatoms. The fourth-order valence-electron chi connectivity index (χ4n) is 2.50. The number of rotatable bonds is 2. The number of halogens is 2. The molecule has 1 aliphatic rings. The fourth-order valence-corrected chi connectivity index (χ4v) is 2.50. The van der Waals surface area contributed by atoms with Crippen LogP contribution in [0.4, 0.5) is 20.2 Å². The van der Waals surface area contributed by atoms with Gasteiger partial charge in [0.1, 0.15) is 11.5 Å². The number of carbonyl (C=O) groups excluding carboxylic acids is 1. The standard InChI is InChI=1S/C16H14F2N2O/c1-9-6-7-12(17)15(14(9)18)20-16(21)11-8-19-13-5-3-2-4-10(11)13/h2-7,11,19H,8H2,1H3,(H,20,21). The molecule has 2 N–H and O–H groups in total. The molecule has 0 aromatic heterocycles. The molecule has 0 bridgehead atoms. The van der Waals surface area contributed by atoms with Crippen LogP contribution in [0.5, 0.6) is 0 Å². The van der Waals surface area contributed by atoms with E-state index in [2.05, 4.69) is 10.6 Å². The highest BCUT2D eigenvalue weighted by molar-refractivity contribution is 5.98. The molecule has 0 saturated heterocycles. The molecule has 1 heterocycles. The predicted octanol–water partition coefficient (Wildman–Crippen LogP) is 3.42. The van der Waals surface area contributed by atoms with Crippen LogP contribution in [0.25, 0.3) is 0 Å². The molecule has 2 aromatic rings. The second-order valence-corrected chi connectivity index (χ2v) is 5.06. The summed E-state index contributed by atoms with van der Waals surface area (Å²) >= 11 is 0. The number of anilines is 2. The molecule has 108 valence electrons. The van der Waals surface area contributed by atoms with Crippen molar-refractivity contribution >= 4 is 17.3 Å². The lowest BCUT2D eigenvalue weighted by atomic mass is 10.0. The van der Waals surface area contributed by atoms with Gasteiger partial charge in [-0.3, -0.25) is 4.79 Å². The molecule has 1 aliphatic heterocycles. The van der Waals surface area contributed by atoms with Crippen molar-refractivity contribution < 1.29 is 13.6 Å². The topological polar surface area (TPSA) is 41.1 Å². The van der Waals surface area contributed by atoms with E-state index in [9.17, 15) is 13.6 Å². The van der Waals surface area contributed by atoms with Crippen molar-refractivity contribution in [3.8, 4) is 0 Å². The number of carbonyl (C=O) groups is 1. The Labute approximate surface area is 121 Å². The van der Waals surface area contributed by atoms with Crippen molar-refractivity contribution in [2.45, 2.75) is 12.8 Å². The number of hydrogen-bond donors (Lipinski definition) is 2. The molecule has 0 saturated carbocycles. The lowest BCUT2D eigenvalue weighted by Gasteiger charge is -2.13. The third-order valence-corrected chi connectivity index (χ3v) is 3.68. The van der Waals surface area contributed by atoms with Gasteiger partial charge in [-0.05, 0) is 30.2 Å². The average Bonchev–Trinajstić information content (AvgIpc) is 2.91. The predicted molar refractivity (Wildman–Crippen MR) is 77.4 cm³/mol. The van der Waals surface area contributed by atoms with Gasteiger partial charge in [-0.25, -0.2) is 8.78 Å². The van der Waals surface area contributed by atoms with Gasteiger partial charge in [0.15, 0.2) is 5.82 Å². The van der Waals surface area contributed by atoms with Crippen molar-refractivity contribution in [3.05, 3.63) is 59.2 Å². The summed E-state index contributed by atoms with van der Waals surface area (Å²) in [5.41, 5.74) is 1.62. The molecule has 0 radical (unpaired) electrons. The molecule has 1 amide bonds. The second-order valence-electron chi connectivity index (χ2n) is 5.06. The van der Waals surface area contributed by atoms with Gasteiger partial charge in [0, 0.05) is 12.2 Å². The number of hydrogen-bond acceptors (Lipinski definition) is 2. The van der Waals surface area contributed by atoms with Gasteiger partial charge in [-0.15, -0.1) is 0 Å². The normalized spacial score (nSPS) is 16.2. The molecule has 0 aliphatic carbocycles. The van der Waals surface area contributed by atoms with E-state index in [-0.39, 0.29) is 11.3 Å². The first-order chi connectivity index (χ1) is 10.1. The van der Waals surface area contributed by atoms with Crippen LogP contribution >= 0.6 is 0 Å². The summed E-state index contributed by atoms with van der Waals surface area (Å²) in [5.74, 6) is -2.38. The second kappa shape index (κ2) is 5.16. The molecule has 0 spiro atoms. The van der Waals surface area contributed by atoms with Crippen molar-refractivity contribution in [2.75, 3.05) is 17.2 Å². The molecular formula is C16H14F2N2O. The third kappa shape index (κ3) is 2.35. The average molecular weight is 288 g/mol. The summed E-state index contributed by atoms with van der Waals surface area (Å²) in [7, 11) is 0. The third-order valence-electron chi connectivity index (χ3n) is 3.68. The van der Waals surface area contributed by atoms with Crippen LogP contribution in [0.2, 0.25) is 0 Å². The maximum absolute atomic E-state index is 13.9. The van der Waals surface area contributed by atoms with Gasteiger partial charge in [0.25, 0.3) is 0 Å². The van der Waals surface area contributed by atoms with Crippen LogP contribution in [-0.2, 0) is 4.79 Å². The molecule has 3 nitrogen and oxygen atoms in total. The van der Waals surface area contributed by atoms with E-state index >= 15 is 0 Å². The minimum Gasteiger partial charge on any atom is -0.384 e. The molecular weight excluding hydrogens is 274 g/mol. The quantitative estimate of drug-likeness (QED) is 0.889. The Morgan fingerprint density at radius 2 is 2.00 bits per heavy atom. The number of aryl methyl sites for hydroxylation is 1. The zero-order valence-electron chi connectivity index (χ0n) is 11.4. The Morgan fingerprint density at radius 1 is 1.24 bits per heavy atom. The molecule has 2 aromatic carbocycles. The summed E-state index contributed by atoms with van der Waals surface area (Å²) < 4.78 is 27.6. The number of benzene rings is 2. The zero-order valence-corrected chi connectivity index (χ0v) is 11.4. The minimum absolute atomic E-state index is 0.289. The van der Waals surface area contributed by atoms with Gasteiger partial charge in [0.2, 0.25) is 5.91 Å². The molecule has 1 unspecified atom stereocenters. The maximum atomic E-state index is 13.9. The highest BCUT2D eigenvalue weighted by atomic mass is 19.1. The van der Waals surface area contributed by atoms with Crippen LogP contribution < -0.4 is 10.6 Å². The van der Waals surface area contributed by atoms with Crippen molar-refractivity contribution in [2.24, 2.45) is 0 Å². The summed E-state index contributed by atoms with van der Waals surface area (Å²) in [6, 6.07) is 9.90. The first-order valence-electron chi connectivity index (χ1n) is 6.66. The van der Waals surface area contributed by atoms with Gasteiger partial charge in [-0.2, -0.15) is 0 Å². The summed E-state index contributed by atoms with van der Waals surface area (Å²) in [5, 5.41) is 5.48. The Bertz CT molecular complexity index is 715. The van der Waals surface area contributed by atoms with Crippen LogP contribution in [0.15, 0.2) is 36.4 Å². The molecule has 1 atom stereocenters. The van der Waals surface area contributed by atoms with Gasteiger partial charge >= 0.3 is 0 Å². The molecule has 0 fully saturated rings. The first kappa shape index (κ1) is 13.5. The van der Waals surface area contributed by atoms with Gasteiger partial charge < -0.3 is 10.6 Å². The lowest BCUT2D eigenvalue weighted by Crippen LogP contribution is -2.23. The van der Waals surface area contributed by atoms with E-state index in [0.29, 0.717) is 6.54 Å². The van der Waals surface area contributed by atoms with Crippen molar-refractivity contribution in [1.82, 2.24) is 0 Å². The molecule has 21 heavy (non-hydrogen) atoms. The molecule has 3 rings (SSSR count). The van der Waals surface area contributed by atoms with Crippen molar-refractivity contribution in [1.29, 1.82) is 0 Å². The minimum atomic E-state index is -0.773. The van der Waals surface area contributed by atoms with E-state index in [0.717, 1.165) is 17.3 Å². The van der Waals surface area contributed by atoms with E-state index in [1.54, 1.807) is 0 Å². The first-order valence-corrected chi connectivity index (χ1v) is 6.66. The summed E-state index contributed by atoms with van der Waals surface area (Å²) in [6.07, 6.45) is 0. The Morgan fingerprint density at radius 3 is 2.81 bits per heavy atom. The zero-order chi connectivity index (χ0) is 15.0. The van der Waals surface area contributed by atoms with Gasteiger partial charge in [0.05, 0.1) is 5.92 Å². The number of nitrogens with one attached hydrogen (secondary N) is 2. The highest BCUT2D eigenvalue weighted by Crippen LogP contribution is 2.32. The smallest absolute Gasteiger partial charge is 0.233 e. The Kier molecular flexibility index (Phi) is 3.33. The number of para-hydroxylation sites is 1. The SMILES string of the molecule is Cc1ccc(F)c(NC(=O)C2CNc3ccccc32)c1F. The lowest BCUT2D eigenvalue weighted by molar-refractivity contribution is -0.117. The number of fused-ring (bicyclic) bond motifs is 1. The van der Waals surface area contributed by atoms with Crippen LogP contribution in [0.1, 0.15) is 17.0 Å². The van der Waals surface area contributed by atoms with E-state index in [1.807, 2.05) is 24.3 Å². The highest BCUT2D eigenvalue weighted by Gasteiger charge is 2.29. The van der Waals surface area contributed by atoms with Crippen LogP contribution in [-0.4, -0.2) is 12.5 Å². The fraction of sp³-hybridized carbons (Fsp3) is 0.188. The van der Waals surface area contributed by atoms with Crippen molar-refractivity contribution in [3.63, 3.8) is 0 Å². The Balaban J connectivity index is 1.87. The number of amides is 1. The largest absolute Gasteiger partial charge is 0.384 e. The van der Waals surface area contributed by atoms with E-state index in [4.69, 9.17) is 0 Å².